The van der Waals surface area contributed by atoms with Crippen LogP contribution in [-0.2, 0) is 17.1 Å². The Hall–Kier alpha value is -3.02. The number of carbonyl (C=O) groups is 1. The summed E-state index contributed by atoms with van der Waals surface area (Å²) in [6.45, 7) is -0.936. The molecule has 32 heavy (non-hydrogen) atoms. The maximum atomic E-state index is 14.0. The number of nitrogens with one attached hydrogen (secondary N) is 1. The highest BCUT2D eigenvalue weighted by atomic mass is 35.5. The lowest BCUT2D eigenvalue weighted by Crippen LogP contribution is -2.23. The number of halogens is 8. The Morgan fingerprint density at radius 2 is 1.94 bits per heavy atom. The van der Waals surface area contributed by atoms with E-state index in [1.54, 1.807) is 12.2 Å². The lowest BCUT2D eigenvalue weighted by Gasteiger charge is -2.17. The number of alkyl halides is 7. The third kappa shape index (κ3) is 5.23. The van der Waals surface area contributed by atoms with Crippen LogP contribution in [-0.4, -0.2) is 27.7 Å². The molecule has 1 aromatic carbocycles. The average Bonchev–Trinajstić information content (AvgIpc) is 3.12. The molecule has 1 aromatic heterocycles. The second kappa shape index (κ2) is 8.85. The number of anilines is 1. The van der Waals surface area contributed by atoms with Gasteiger partial charge in [-0.1, -0.05) is 18.2 Å². The van der Waals surface area contributed by atoms with Crippen LogP contribution in [0.2, 0.25) is 0 Å². The van der Waals surface area contributed by atoms with Crippen molar-refractivity contribution in [1.29, 1.82) is 0 Å². The predicted molar refractivity (Wildman–Crippen MR) is 100 cm³/mol. The summed E-state index contributed by atoms with van der Waals surface area (Å²) in [6, 6.07) is 2.82. The van der Waals surface area contributed by atoms with Crippen molar-refractivity contribution in [2.75, 3.05) is 11.9 Å². The molecule has 1 aliphatic carbocycles. The van der Waals surface area contributed by atoms with Crippen molar-refractivity contribution in [2.24, 2.45) is 0 Å². The summed E-state index contributed by atoms with van der Waals surface area (Å²) >= 11 is 6.12. The minimum absolute atomic E-state index is 0.156. The van der Waals surface area contributed by atoms with E-state index < -0.39 is 58.9 Å². The van der Waals surface area contributed by atoms with Gasteiger partial charge in [0.15, 0.2) is 18.1 Å². The Kier molecular flexibility index (Phi) is 6.54. The Morgan fingerprint density at radius 3 is 2.56 bits per heavy atom. The monoisotopic (exact) mass is 483 g/mol. The van der Waals surface area contributed by atoms with Gasteiger partial charge in [-0.05, 0) is 24.6 Å². The van der Waals surface area contributed by atoms with E-state index in [9.17, 15) is 35.5 Å². The van der Waals surface area contributed by atoms with E-state index in [2.05, 4.69) is 5.10 Å². The number of aromatic nitrogens is 2. The van der Waals surface area contributed by atoms with Crippen LogP contribution >= 0.6 is 11.6 Å². The highest BCUT2D eigenvalue weighted by Crippen LogP contribution is 2.35. The van der Waals surface area contributed by atoms with E-state index in [4.69, 9.17) is 16.3 Å². The predicted octanol–water partition coefficient (Wildman–Crippen LogP) is 5.49. The normalized spacial score (nSPS) is 16.6. The van der Waals surface area contributed by atoms with Gasteiger partial charge in [0.1, 0.15) is 0 Å². The van der Waals surface area contributed by atoms with E-state index in [1.165, 1.54) is 6.08 Å². The van der Waals surface area contributed by atoms with Crippen LogP contribution in [0.5, 0.6) is 5.88 Å². The molecule has 0 fully saturated rings. The first-order chi connectivity index (χ1) is 14.9. The molecule has 1 unspecified atom stereocenters. The van der Waals surface area contributed by atoms with Gasteiger partial charge in [-0.3, -0.25) is 4.79 Å². The van der Waals surface area contributed by atoms with Crippen LogP contribution in [0.4, 0.5) is 36.4 Å². The molecule has 1 heterocycles. The first-order valence-electron chi connectivity index (χ1n) is 8.84. The van der Waals surface area contributed by atoms with Gasteiger partial charge in [0.05, 0.1) is 22.3 Å². The molecule has 0 aliphatic heterocycles. The SMILES string of the molecule is O=C(COc1cc(C(F)(F)F)nn1C1=CC=CCC1Cl)Nc1cccc(C(F)(F)F)c1F. The molecule has 1 amide bonds. The lowest BCUT2D eigenvalue weighted by atomic mass is 10.1. The Balaban J connectivity index is 1.80. The maximum Gasteiger partial charge on any atom is 0.435 e. The highest BCUT2D eigenvalue weighted by molar-refractivity contribution is 6.25. The van der Waals surface area contributed by atoms with Crippen LogP contribution in [0.3, 0.4) is 0 Å². The van der Waals surface area contributed by atoms with Crippen LogP contribution in [0, 0.1) is 5.82 Å². The number of rotatable bonds is 5. The van der Waals surface area contributed by atoms with Crippen molar-refractivity contribution in [3.8, 4) is 5.88 Å². The van der Waals surface area contributed by atoms with E-state index in [-0.39, 0.29) is 5.70 Å². The van der Waals surface area contributed by atoms with E-state index in [0.29, 0.717) is 18.6 Å². The summed E-state index contributed by atoms with van der Waals surface area (Å²) in [4.78, 5) is 12.1. The molecule has 172 valence electrons. The molecule has 0 radical (unpaired) electrons. The highest BCUT2D eigenvalue weighted by Gasteiger charge is 2.37. The fourth-order valence-corrected chi connectivity index (χ4v) is 3.02. The summed E-state index contributed by atoms with van der Waals surface area (Å²) in [5, 5.41) is 4.60. The first kappa shape index (κ1) is 23.6. The van der Waals surface area contributed by atoms with Crippen LogP contribution in [0.15, 0.2) is 42.5 Å². The molecule has 3 rings (SSSR count). The number of carbonyl (C=O) groups excluding carboxylic acids is 1. The molecule has 0 saturated heterocycles. The average molecular weight is 484 g/mol. The van der Waals surface area contributed by atoms with Crippen molar-refractivity contribution >= 4 is 28.9 Å². The number of amides is 1. The summed E-state index contributed by atoms with van der Waals surface area (Å²) in [5.41, 5.74) is -3.51. The Bertz CT molecular complexity index is 1070. The van der Waals surface area contributed by atoms with E-state index in [0.717, 1.165) is 16.8 Å². The topological polar surface area (TPSA) is 56.1 Å². The largest absolute Gasteiger partial charge is 0.467 e. The van der Waals surface area contributed by atoms with Gasteiger partial charge in [-0.25, -0.2) is 9.07 Å². The zero-order valence-corrected chi connectivity index (χ0v) is 16.5. The fourth-order valence-electron chi connectivity index (χ4n) is 2.76. The van der Waals surface area contributed by atoms with Crippen molar-refractivity contribution in [3.05, 3.63) is 59.6 Å². The second-order valence-electron chi connectivity index (χ2n) is 6.50. The number of allylic oxidation sites excluding steroid dienone is 4. The molecule has 1 N–H and O–H groups in total. The van der Waals surface area contributed by atoms with Gasteiger partial charge in [0.2, 0.25) is 5.88 Å². The lowest BCUT2D eigenvalue weighted by molar-refractivity contribution is -0.141. The number of ether oxygens (including phenoxy) is 1. The molecule has 0 saturated carbocycles. The van der Waals surface area contributed by atoms with Gasteiger partial charge in [0.25, 0.3) is 5.91 Å². The van der Waals surface area contributed by atoms with Gasteiger partial charge >= 0.3 is 12.4 Å². The Morgan fingerprint density at radius 1 is 1.22 bits per heavy atom. The van der Waals surface area contributed by atoms with Crippen molar-refractivity contribution < 1.29 is 40.3 Å². The summed E-state index contributed by atoms with van der Waals surface area (Å²) in [6.07, 6.45) is -4.84. The van der Waals surface area contributed by atoms with Gasteiger partial charge < -0.3 is 10.1 Å². The quantitative estimate of drug-likeness (QED) is 0.452. The smallest absolute Gasteiger partial charge is 0.435 e. The molecule has 2 aromatic rings. The number of hydrogen-bond acceptors (Lipinski definition) is 3. The maximum absolute atomic E-state index is 14.0. The van der Waals surface area contributed by atoms with Crippen molar-refractivity contribution in [1.82, 2.24) is 9.78 Å². The third-order valence-corrected chi connectivity index (χ3v) is 4.61. The second-order valence-corrected chi connectivity index (χ2v) is 7.03. The summed E-state index contributed by atoms with van der Waals surface area (Å²) in [5.74, 6) is -3.30. The molecular weight excluding hydrogens is 471 g/mol. The Labute approximate surface area is 181 Å². The molecular formula is C19H13ClF7N3O2. The fraction of sp³-hybridized carbons (Fsp3) is 0.263. The summed E-state index contributed by atoms with van der Waals surface area (Å²) in [7, 11) is 0. The molecule has 13 heteroatoms. The minimum atomic E-state index is -4.98. The standard InChI is InChI=1S/C19H13ClF7N3O2/c20-11-5-1-2-7-13(11)30-16(8-14(29-30)19(25,26)27)32-9-15(31)28-12-6-3-4-10(17(12)21)18(22,23)24/h1-4,6-8,11H,5,9H2,(H,28,31). The molecule has 1 aliphatic rings. The van der Waals surface area contributed by atoms with Crippen LogP contribution < -0.4 is 10.1 Å². The van der Waals surface area contributed by atoms with Crippen molar-refractivity contribution in [3.63, 3.8) is 0 Å². The van der Waals surface area contributed by atoms with Crippen molar-refractivity contribution in [2.45, 2.75) is 24.2 Å². The molecule has 5 nitrogen and oxygen atoms in total. The zero-order valence-electron chi connectivity index (χ0n) is 15.8. The van der Waals surface area contributed by atoms with Gasteiger partial charge in [-0.2, -0.15) is 31.4 Å². The number of hydrogen-bond donors (Lipinski definition) is 1. The number of benzene rings is 1. The van der Waals surface area contributed by atoms with Crippen LogP contribution in [0.25, 0.3) is 5.70 Å². The molecule has 0 bridgehead atoms. The molecule has 1 atom stereocenters. The van der Waals surface area contributed by atoms with E-state index >= 15 is 0 Å². The van der Waals surface area contributed by atoms with Gasteiger partial charge in [-0.15, -0.1) is 11.6 Å². The molecule has 0 spiro atoms. The van der Waals surface area contributed by atoms with E-state index in [1.807, 2.05) is 5.32 Å². The third-order valence-electron chi connectivity index (χ3n) is 4.21. The minimum Gasteiger partial charge on any atom is -0.467 e. The number of nitrogens with zero attached hydrogens (tertiary/aromatic N) is 2. The first-order valence-corrected chi connectivity index (χ1v) is 9.28. The zero-order chi connectivity index (χ0) is 23.7. The summed E-state index contributed by atoms with van der Waals surface area (Å²) < 4.78 is 97.6. The van der Waals surface area contributed by atoms with Gasteiger partial charge in [0, 0.05) is 6.07 Å². The van der Waals surface area contributed by atoms with Crippen LogP contribution in [0.1, 0.15) is 17.7 Å².